The number of thioether (sulfide) groups is 1. The minimum Gasteiger partial charge on any atom is -0.478 e. The Morgan fingerprint density at radius 3 is 2.65 bits per heavy atom. The van der Waals surface area contributed by atoms with Crippen molar-refractivity contribution in [1.29, 1.82) is 0 Å². The van der Waals surface area contributed by atoms with Crippen LogP contribution in [0.5, 0.6) is 0 Å². The van der Waals surface area contributed by atoms with Gasteiger partial charge in [-0.1, -0.05) is 36.2 Å². The number of nitrogens with one attached hydrogen (secondary N) is 2. The van der Waals surface area contributed by atoms with Crippen molar-refractivity contribution in [3.05, 3.63) is 64.7 Å². The molecule has 2 aromatic carbocycles. The lowest BCUT2D eigenvalue weighted by Gasteiger charge is -2.21. The number of aromatic nitrogens is 3. The van der Waals surface area contributed by atoms with Gasteiger partial charge in [-0.2, -0.15) is 5.10 Å². The Labute approximate surface area is 206 Å². The molecule has 4 rings (SSSR count). The number of rotatable bonds is 8. The zero-order valence-corrected chi connectivity index (χ0v) is 20.0. The van der Waals surface area contributed by atoms with Crippen molar-refractivity contribution in [3.8, 4) is 11.4 Å². The van der Waals surface area contributed by atoms with Gasteiger partial charge < -0.3 is 5.11 Å². The maximum Gasteiger partial charge on any atom is 0.337 e. The fraction of sp³-hybridized carbons (Fsp3) is 0.292. The van der Waals surface area contributed by atoms with Gasteiger partial charge in [-0.3, -0.25) is 4.79 Å². The summed E-state index contributed by atoms with van der Waals surface area (Å²) >= 11 is 7.40. The van der Waals surface area contributed by atoms with Crippen molar-refractivity contribution in [2.75, 3.05) is 5.75 Å². The van der Waals surface area contributed by atoms with Crippen LogP contribution in [0.4, 0.5) is 0 Å². The van der Waals surface area contributed by atoms with Crippen LogP contribution >= 0.6 is 23.4 Å². The van der Waals surface area contributed by atoms with Gasteiger partial charge >= 0.3 is 11.1 Å². The fourth-order valence-corrected chi connectivity index (χ4v) is 4.98. The van der Waals surface area contributed by atoms with Gasteiger partial charge in [0.2, 0.25) is 0 Å². The Morgan fingerprint density at radius 1 is 1.18 bits per heavy atom. The number of amides is 1. The molecule has 1 aliphatic carbocycles. The normalized spacial score (nSPS) is 14.4. The summed E-state index contributed by atoms with van der Waals surface area (Å²) in [5.74, 6) is -0.337. The monoisotopic (exact) mass is 498 g/mol. The molecule has 1 aromatic heterocycles. The first-order valence-corrected chi connectivity index (χ1v) is 12.4. The van der Waals surface area contributed by atoms with E-state index in [1.54, 1.807) is 18.2 Å². The molecule has 0 atom stereocenters. The molecule has 8 nitrogen and oxygen atoms in total. The van der Waals surface area contributed by atoms with E-state index in [1.807, 2.05) is 24.3 Å². The highest BCUT2D eigenvalue weighted by Gasteiger charge is 2.30. The Hall–Kier alpha value is -3.17. The van der Waals surface area contributed by atoms with Crippen molar-refractivity contribution in [3.63, 3.8) is 0 Å². The molecule has 10 heteroatoms. The molecule has 0 spiro atoms. The average Bonchev–Trinajstić information content (AvgIpc) is 3.28. The van der Waals surface area contributed by atoms with Crippen molar-refractivity contribution >= 4 is 41.5 Å². The summed E-state index contributed by atoms with van der Waals surface area (Å²) in [7, 11) is 0. The molecule has 176 valence electrons. The molecule has 3 aromatic rings. The van der Waals surface area contributed by atoms with Gasteiger partial charge in [-0.25, -0.2) is 14.8 Å². The lowest BCUT2D eigenvalue weighted by atomic mass is 9.95. The number of carbonyl (C=O) groups is 2. The molecule has 1 aliphatic rings. The zero-order chi connectivity index (χ0) is 23.9. The second kappa shape index (κ2) is 11.3. The van der Waals surface area contributed by atoms with Crippen LogP contribution in [-0.4, -0.2) is 39.1 Å². The van der Waals surface area contributed by atoms with Crippen molar-refractivity contribution in [2.45, 2.75) is 43.3 Å². The molecule has 0 saturated heterocycles. The highest BCUT2D eigenvalue weighted by molar-refractivity contribution is 7.99. The van der Waals surface area contributed by atoms with E-state index in [0.717, 1.165) is 29.4 Å². The van der Waals surface area contributed by atoms with Gasteiger partial charge in [0, 0.05) is 10.6 Å². The van der Waals surface area contributed by atoms with E-state index in [0.29, 0.717) is 16.6 Å². The van der Waals surface area contributed by atoms with Crippen LogP contribution in [0.2, 0.25) is 5.02 Å². The molecular formula is C24H25ClN5O3S+. The zero-order valence-electron chi connectivity index (χ0n) is 18.4. The predicted octanol–water partition coefficient (Wildman–Crippen LogP) is 4.46. The first-order chi connectivity index (χ1) is 16.5. The average molecular weight is 499 g/mol. The molecular weight excluding hydrogens is 474 g/mol. The number of aromatic amines is 1. The Kier molecular flexibility index (Phi) is 7.97. The summed E-state index contributed by atoms with van der Waals surface area (Å²) in [6, 6.07) is 14.4. The summed E-state index contributed by atoms with van der Waals surface area (Å²) in [6.07, 6.45) is 7.04. The molecule has 0 radical (unpaired) electrons. The quantitative estimate of drug-likeness (QED) is 0.184. The van der Waals surface area contributed by atoms with Gasteiger partial charge in [-0.05, 0) is 67.8 Å². The molecule has 0 aliphatic heterocycles. The van der Waals surface area contributed by atoms with E-state index < -0.39 is 5.97 Å². The number of nitrogens with zero attached hydrogens (tertiary/aromatic N) is 3. The SMILES string of the molecule is O=C(CSc1n[nH]c(-c2ccc(Cl)cc2)[n+]1C1CCCCC1)NN=Cc1ccccc1C(=O)O. The number of halogens is 1. The highest BCUT2D eigenvalue weighted by Crippen LogP contribution is 2.29. The van der Waals surface area contributed by atoms with Gasteiger partial charge in [0.1, 0.15) is 0 Å². The largest absolute Gasteiger partial charge is 0.478 e. The molecule has 0 unspecified atom stereocenters. The first-order valence-electron chi connectivity index (χ1n) is 11.1. The Balaban J connectivity index is 1.45. The van der Waals surface area contributed by atoms with Gasteiger partial charge in [0.15, 0.2) is 0 Å². The topological polar surface area (TPSA) is 111 Å². The maximum absolute atomic E-state index is 12.4. The van der Waals surface area contributed by atoms with Crippen LogP contribution in [0.25, 0.3) is 11.4 Å². The molecule has 1 heterocycles. The predicted molar refractivity (Wildman–Crippen MR) is 131 cm³/mol. The minimum absolute atomic E-state index is 0.120. The van der Waals surface area contributed by atoms with E-state index >= 15 is 0 Å². The third-order valence-electron chi connectivity index (χ3n) is 5.68. The van der Waals surface area contributed by atoms with Crippen LogP contribution in [0.3, 0.4) is 0 Å². The molecule has 3 N–H and O–H groups in total. The smallest absolute Gasteiger partial charge is 0.337 e. The second-order valence-electron chi connectivity index (χ2n) is 8.00. The van der Waals surface area contributed by atoms with E-state index in [2.05, 4.69) is 25.3 Å². The van der Waals surface area contributed by atoms with E-state index in [1.165, 1.54) is 43.3 Å². The Bertz CT molecular complexity index is 1190. The van der Waals surface area contributed by atoms with Crippen LogP contribution in [0.15, 0.2) is 58.8 Å². The van der Waals surface area contributed by atoms with Crippen LogP contribution in [-0.2, 0) is 4.79 Å². The summed E-state index contributed by atoms with van der Waals surface area (Å²) in [5, 5.41) is 22.2. The number of carboxylic acids is 1. The van der Waals surface area contributed by atoms with Crippen molar-refractivity contribution < 1.29 is 19.3 Å². The summed E-state index contributed by atoms with van der Waals surface area (Å²) in [4.78, 5) is 23.7. The van der Waals surface area contributed by atoms with E-state index in [9.17, 15) is 14.7 Å². The number of hydrogen-bond acceptors (Lipinski definition) is 5. The summed E-state index contributed by atoms with van der Waals surface area (Å²) < 4.78 is 2.20. The standard InChI is InChI=1S/C24H24ClN5O3S/c25-18-12-10-16(11-13-18)22-28-29-24(30(22)19-7-2-1-3-8-19)34-15-21(31)27-26-14-17-6-4-5-9-20(17)23(32)33/h4-6,9-14,19H,1-3,7-8,15H2,(H2,27,31,32,33)/p+1. The molecule has 1 saturated carbocycles. The number of benzene rings is 2. The van der Waals surface area contributed by atoms with Gasteiger partial charge in [0.25, 0.3) is 11.7 Å². The second-order valence-corrected chi connectivity index (χ2v) is 9.38. The highest BCUT2D eigenvalue weighted by atomic mass is 35.5. The summed E-state index contributed by atoms with van der Waals surface area (Å²) in [6.45, 7) is 0. The first kappa shape index (κ1) is 24.0. The van der Waals surface area contributed by atoms with Crippen LogP contribution < -0.4 is 9.99 Å². The Morgan fingerprint density at radius 2 is 1.91 bits per heavy atom. The summed E-state index contributed by atoms with van der Waals surface area (Å²) in [5.41, 5.74) is 3.99. The van der Waals surface area contributed by atoms with E-state index in [4.69, 9.17) is 11.6 Å². The number of carbonyl (C=O) groups excluding carboxylic acids is 1. The van der Waals surface area contributed by atoms with Gasteiger partial charge in [-0.15, -0.1) is 5.10 Å². The van der Waals surface area contributed by atoms with Crippen molar-refractivity contribution in [1.82, 2.24) is 15.6 Å². The number of aromatic carboxylic acids is 1. The maximum atomic E-state index is 12.4. The molecule has 1 fully saturated rings. The minimum atomic E-state index is -1.05. The third kappa shape index (κ3) is 5.84. The number of carboxylic acid groups (broad SMARTS) is 1. The van der Waals surface area contributed by atoms with E-state index in [-0.39, 0.29) is 17.2 Å². The van der Waals surface area contributed by atoms with Crippen LogP contribution in [0.1, 0.15) is 54.1 Å². The lowest BCUT2D eigenvalue weighted by molar-refractivity contribution is -0.749. The molecule has 1 amide bonds. The fourth-order valence-electron chi connectivity index (χ4n) is 4.04. The van der Waals surface area contributed by atoms with Crippen molar-refractivity contribution in [2.24, 2.45) is 5.10 Å². The number of hydrogen-bond donors (Lipinski definition) is 3. The van der Waals surface area contributed by atoms with Gasteiger partial charge in [0.05, 0.1) is 34.2 Å². The molecule has 34 heavy (non-hydrogen) atoms. The number of hydrazone groups is 1. The molecule has 0 bridgehead atoms. The van der Waals surface area contributed by atoms with Crippen LogP contribution in [0, 0.1) is 0 Å². The third-order valence-corrected chi connectivity index (χ3v) is 6.88. The lowest BCUT2D eigenvalue weighted by Crippen LogP contribution is -2.43. The number of H-pyrrole nitrogens is 1.